The number of benzene rings is 1. The summed E-state index contributed by atoms with van der Waals surface area (Å²) in [7, 11) is 0. The van der Waals surface area contributed by atoms with Gasteiger partial charge in [0.25, 0.3) is 0 Å². The number of ether oxygens (including phenoxy) is 1. The molecule has 0 saturated heterocycles. The molecule has 1 aromatic heterocycles. The third-order valence-electron chi connectivity index (χ3n) is 2.48. The summed E-state index contributed by atoms with van der Waals surface area (Å²) < 4.78 is 5.59. The van der Waals surface area contributed by atoms with E-state index in [-0.39, 0.29) is 0 Å². The van der Waals surface area contributed by atoms with E-state index in [9.17, 15) is 0 Å². The third-order valence-corrected chi connectivity index (χ3v) is 3.38. The van der Waals surface area contributed by atoms with Crippen molar-refractivity contribution in [2.24, 2.45) is 0 Å². The molecule has 0 unspecified atom stereocenters. The van der Waals surface area contributed by atoms with Gasteiger partial charge in [0, 0.05) is 23.1 Å². The summed E-state index contributed by atoms with van der Waals surface area (Å²) in [4.78, 5) is 8.57. The molecule has 0 saturated carbocycles. The summed E-state index contributed by atoms with van der Waals surface area (Å²) in [5.41, 5.74) is 7.74. The van der Waals surface area contributed by atoms with Crippen molar-refractivity contribution in [2.45, 2.75) is 24.8 Å². The summed E-state index contributed by atoms with van der Waals surface area (Å²) in [5, 5.41) is 0.698. The second-order valence-corrected chi connectivity index (χ2v) is 4.99. The average molecular weight is 275 g/mol. The Morgan fingerprint density at radius 2 is 2.05 bits per heavy atom. The molecule has 0 aliphatic heterocycles. The van der Waals surface area contributed by atoms with Gasteiger partial charge in [0.05, 0.1) is 6.61 Å². The first-order valence-corrected chi connectivity index (χ1v) is 7.12. The number of hydrogen-bond donors (Lipinski definition) is 1. The Labute approximate surface area is 117 Å². The molecule has 0 radical (unpaired) electrons. The minimum atomic E-state index is 0.507. The third kappa shape index (κ3) is 3.86. The molecule has 0 fully saturated rings. The molecule has 100 valence electrons. The van der Waals surface area contributed by atoms with Gasteiger partial charge in [-0.3, -0.25) is 0 Å². The molecule has 5 heteroatoms. The number of aryl methyl sites for hydroxylation is 1. The molecule has 0 spiro atoms. The highest BCUT2D eigenvalue weighted by atomic mass is 32.2. The Morgan fingerprint density at radius 3 is 2.79 bits per heavy atom. The van der Waals surface area contributed by atoms with Crippen LogP contribution in [0.1, 0.15) is 18.2 Å². The van der Waals surface area contributed by atoms with Crippen LogP contribution in [-0.2, 0) is 5.75 Å². The maximum absolute atomic E-state index is 5.72. The highest BCUT2D eigenvalue weighted by Gasteiger charge is 2.06. The average Bonchev–Trinajstić information content (AvgIpc) is 2.37. The fourth-order valence-corrected chi connectivity index (χ4v) is 2.59. The van der Waals surface area contributed by atoms with Crippen LogP contribution >= 0.6 is 11.8 Å². The van der Waals surface area contributed by atoms with E-state index in [0.29, 0.717) is 17.6 Å². The van der Waals surface area contributed by atoms with Gasteiger partial charge in [-0.15, -0.1) is 0 Å². The van der Waals surface area contributed by atoms with Gasteiger partial charge in [0.2, 0.25) is 0 Å². The van der Waals surface area contributed by atoms with Crippen molar-refractivity contribution in [3.63, 3.8) is 0 Å². The Balaban J connectivity index is 2.09. The second-order valence-electron chi connectivity index (χ2n) is 4.05. The zero-order valence-corrected chi connectivity index (χ0v) is 11.9. The van der Waals surface area contributed by atoms with Crippen molar-refractivity contribution < 1.29 is 4.74 Å². The van der Waals surface area contributed by atoms with E-state index in [1.165, 1.54) is 0 Å². The van der Waals surface area contributed by atoms with Gasteiger partial charge in [0.15, 0.2) is 5.16 Å². The van der Waals surface area contributed by atoms with Crippen LogP contribution < -0.4 is 10.5 Å². The predicted molar refractivity (Wildman–Crippen MR) is 78.4 cm³/mol. The zero-order valence-electron chi connectivity index (χ0n) is 11.1. The molecule has 2 rings (SSSR count). The lowest BCUT2D eigenvalue weighted by atomic mass is 10.2. The first kappa shape index (κ1) is 13.7. The molecule has 1 aromatic carbocycles. The maximum atomic E-state index is 5.72. The van der Waals surface area contributed by atoms with Gasteiger partial charge in [-0.05, 0) is 19.9 Å². The number of aromatic nitrogens is 2. The first-order valence-electron chi connectivity index (χ1n) is 6.13. The van der Waals surface area contributed by atoms with E-state index in [1.54, 1.807) is 17.8 Å². The molecule has 2 aromatic rings. The highest BCUT2D eigenvalue weighted by Crippen LogP contribution is 2.26. The normalized spacial score (nSPS) is 10.4. The topological polar surface area (TPSA) is 61.0 Å². The fourth-order valence-electron chi connectivity index (χ4n) is 1.69. The van der Waals surface area contributed by atoms with E-state index < -0.39 is 0 Å². The predicted octanol–water partition coefficient (Wildman–Crippen LogP) is 3.06. The Bertz CT molecular complexity index is 540. The number of para-hydroxylation sites is 1. The van der Waals surface area contributed by atoms with Crippen molar-refractivity contribution in [2.75, 3.05) is 12.3 Å². The molecule has 0 atom stereocenters. The molecule has 0 bridgehead atoms. The van der Waals surface area contributed by atoms with E-state index in [0.717, 1.165) is 22.8 Å². The van der Waals surface area contributed by atoms with E-state index in [2.05, 4.69) is 16.0 Å². The number of anilines is 1. The zero-order chi connectivity index (χ0) is 13.7. The molecular formula is C14H17N3OS. The molecular weight excluding hydrogens is 258 g/mol. The Morgan fingerprint density at radius 1 is 1.26 bits per heavy atom. The van der Waals surface area contributed by atoms with Crippen LogP contribution in [0.4, 0.5) is 5.82 Å². The lowest BCUT2D eigenvalue weighted by Crippen LogP contribution is -1.98. The molecule has 19 heavy (non-hydrogen) atoms. The monoisotopic (exact) mass is 275 g/mol. The van der Waals surface area contributed by atoms with Crippen LogP contribution in [0.2, 0.25) is 0 Å². The van der Waals surface area contributed by atoms with Crippen molar-refractivity contribution in [3.05, 3.63) is 41.6 Å². The summed E-state index contributed by atoms with van der Waals surface area (Å²) in [6.07, 6.45) is 0. The van der Waals surface area contributed by atoms with Gasteiger partial charge in [-0.2, -0.15) is 0 Å². The van der Waals surface area contributed by atoms with Crippen molar-refractivity contribution in [1.82, 2.24) is 9.97 Å². The number of nitrogens with zero attached hydrogens (tertiary/aromatic N) is 2. The van der Waals surface area contributed by atoms with Gasteiger partial charge in [-0.25, -0.2) is 9.97 Å². The first-order chi connectivity index (χ1) is 9.19. The van der Waals surface area contributed by atoms with Crippen molar-refractivity contribution in [3.8, 4) is 5.75 Å². The summed E-state index contributed by atoms with van der Waals surface area (Å²) in [5.74, 6) is 2.19. The highest BCUT2D eigenvalue weighted by molar-refractivity contribution is 7.98. The molecule has 0 amide bonds. The van der Waals surface area contributed by atoms with Gasteiger partial charge in [-0.1, -0.05) is 30.0 Å². The molecule has 0 aliphatic carbocycles. The van der Waals surface area contributed by atoms with E-state index in [4.69, 9.17) is 10.5 Å². The standard InChI is InChI=1S/C14H17N3OS/c1-3-18-12-7-5-4-6-11(12)9-19-14-16-10(2)8-13(15)17-14/h4-8H,3,9H2,1-2H3,(H2,15,16,17). The van der Waals surface area contributed by atoms with E-state index in [1.807, 2.05) is 32.0 Å². The number of rotatable bonds is 5. The van der Waals surface area contributed by atoms with Crippen molar-refractivity contribution in [1.29, 1.82) is 0 Å². The van der Waals surface area contributed by atoms with Gasteiger partial charge < -0.3 is 10.5 Å². The summed E-state index contributed by atoms with van der Waals surface area (Å²) in [6.45, 7) is 4.56. The van der Waals surface area contributed by atoms with E-state index >= 15 is 0 Å². The largest absolute Gasteiger partial charge is 0.494 e. The molecule has 2 N–H and O–H groups in total. The second kappa shape index (κ2) is 6.43. The Hall–Kier alpha value is -1.75. The van der Waals surface area contributed by atoms with Crippen molar-refractivity contribution >= 4 is 17.6 Å². The quantitative estimate of drug-likeness (QED) is 0.671. The van der Waals surface area contributed by atoms with Crippen LogP contribution in [0.15, 0.2) is 35.5 Å². The minimum Gasteiger partial charge on any atom is -0.494 e. The van der Waals surface area contributed by atoms with Gasteiger partial charge >= 0.3 is 0 Å². The van der Waals surface area contributed by atoms with Crippen LogP contribution in [0.25, 0.3) is 0 Å². The smallest absolute Gasteiger partial charge is 0.190 e. The van der Waals surface area contributed by atoms with Crippen LogP contribution in [0, 0.1) is 6.92 Å². The number of nitrogens with two attached hydrogens (primary N) is 1. The summed E-state index contributed by atoms with van der Waals surface area (Å²) >= 11 is 1.56. The minimum absolute atomic E-state index is 0.507. The number of nitrogen functional groups attached to an aromatic ring is 1. The lowest BCUT2D eigenvalue weighted by molar-refractivity contribution is 0.337. The number of hydrogen-bond acceptors (Lipinski definition) is 5. The molecule has 0 aliphatic rings. The molecule has 4 nitrogen and oxygen atoms in total. The SMILES string of the molecule is CCOc1ccccc1CSc1nc(C)cc(N)n1. The van der Waals surface area contributed by atoms with Crippen LogP contribution in [0.5, 0.6) is 5.75 Å². The van der Waals surface area contributed by atoms with Gasteiger partial charge in [0.1, 0.15) is 11.6 Å². The van der Waals surface area contributed by atoms with Crippen LogP contribution in [-0.4, -0.2) is 16.6 Å². The maximum Gasteiger partial charge on any atom is 0.190 e. The Kier molecular flexibility index (Phi) is 4.63. The fraction of sp³-hybridized carbons (Fsp3) is 0.286. The lowest BCUT2D eigenvalue weighted by Gasteiger charge is -2.09. The molecule has 1 heterocycles. The number of thioether (sulfide) groups is 1. The summed E-state index contributed by atoms with van der Waals surface area (Å²) in [6, 6.07) is 9.77. The van der Waals surface area contributed by atoms with Crippen LogP contribution in [0.3, 0.4) is 0 Å².